The Morgan fingerprint density at radius 3 is 2.70 bits per heavy atom. The van der Waals surface area contributed by atoms with E-state index in [0.717, 1.165) is 5.39 Å². The van der Waals surface area contributed by atoms with Gasteiger partial charge in [0.25, 0.3) is 5.91 Å². The molecule has 0 spiro atoms. The standard InChI is InChI=1S/C15H17NO4/c1-15(2,8-7-13(17)18)16-14(19)11-9-20-12-6-4-3-5-10(11)12/h3-6,9H,7-8H2,1-2H3,(H,16,19)(H,17,18). The molecular weight excluding hydrogens is 258 g/mol. The van der Waals surface area contributed by atoms with Gasteiger partial charge in [0.05, 0.1) is 5.56 Å². The van der Waals surface area contributed by atoms with Crippen LogP contribution in [0.1, 0.15) is 37.0 Å². The molecule has 5 nitrogen and oxygen atoms in total. The monoisotopic (exact) mass is 275 g/mol. The number of amides is 1. The molecule has 1 amide bonds. The number of hydrogen-bond donors (Lipinski definition) is 2. The molecule has 0 aliphatic heterocycles. The van der Waals surface area contributed by atoms with Gasteiger partial charge >= 0.3 is 5.97 Å². The molecule has 0 aliphatic rings. The van der Waals surface area contributed by atoms with E-state index in [0.29, 0.717) is 17.6 Å². The number of benzene rings is 1. The quantitative estimate of drug-likeness (QED) is 0.879. The number of carbonyl (C=O) groups is 2. The molecular formula is C15H17NO4. The van der Waals surface area contributed by atoms with Gasteiger partial charge in [0.15, 0.2) is 0 Å². The van der Waals surface area contributed by atoms with Gasteiger partial charge in [0.1, 0.15) is 11.8 Å². The summed E-state index contributed by atoms with van der Waals surface area (Å²) in [6.45, 7) is 3.60. The van der Waals surface area contributed by atoms with Crippen molar-refractivity contribution in [3.63, 3.8) is 0 Å². The van der Waals surface area contributed by atoms with Gasteiger partial charge in [-0.15, -0.1) is 0 Å². The number of hydrogen-bond acceptors (Lipinski definition) is 3. The van der Waals surface area contributed by atoms with Crippen molar-refractivity contribution in [1.82, 2.24) is 5.32 Å². The molecule has 0 saturated carbocycles. The highest BCUT2D eigenvalue weighted by atomic mass is 16.4. The fourth-order valence-corrected chi connectivity index (χ4v) is 2.01. The molecule has 0 radical (unpaired) electrons. The summed E-state index contributed by atoms with van der Waals surface area (Å²) in [5, 5.41) is 12.3. The van der Waals surface area contributed by atoms with E-state index < -0.39 is 11.5 Å². The van der Waals surface area contributed by atoms with Crippen molar-refractivity contribution >= 4 is 22.8 Å². The SMILES string of the molecule is CC(C)(CCC(=O)O)NC(=O)c1coc2ccccc12. The molecule has 0 aliphatic carbocycles. The molecule has 2 rings (SSSR count). The fraction of sp³-hybridized carbons (Fsp3) is 0.333. The number of carboxylic acids is 1. The van der Waals surface area contributed by atoms with E-state index in [-0.39, 0.29) is 12.3 Å². The zero-order valence-electron chi connectivity index (χ0n) is 11.5. The minimum atomic E-state index is -0.874. The van der Waals surface area contributed by atoms with Crippen molar-refractivity contribution < 1.29 is 19.1 Å². The molecule has 20 heavy (non-hydrogen) atoms. The summed E-state index contributed by atoms with van der Waals surface area (Å²) in [5.74, 6) is -1.13. The summed E-state index contributed by atoms with van der Waals surface area (Å²) in [7, 11) is 0. The van der Waals surface area contributed by atoms with Crippen LogP contribution < -0.4 is 5.32 Å². The Balaban J connectivity index is 2.13. The zero-order chi connectivity index (χ0) is 14.8. The highest BCUT2D eigenvalue weighted by molar-refractivity contribution is 6.06. The van der Waals surface area contributed by atoms with Crippen molar-refractivity contribution in [2.45, 2.75) is 32.2 Å². The topological polar surface area (TPSA) is 79.5 Å². The summed E-state index contributed by atoms with van der Waals surface area (Å²) < 4.78 is 5.33. The van der Waals surface area contributed by atoms with Crippen molar-refractivity contribution in [3.05, 3.63) is 36.1 Å². The molecule has 0 atom stereocenters. The molecule has 0 saturated heterocycles. The molecule has 2 aromatic rings. The van der Waals surface area contributed by atoms with Crippen LogP contribution in [0.4, 0.5) is 0 Å². The second-order valence-corrected chi connectivity index (χ2v) is 5.38. The zero-order valence-corrected chi connectivity index (χ0v) is 11.5. The van der Waals surface area contributed by atoms with Crippen LogP contribution in [-0.2, 0) is 4.79 Å². The molecule has 0 unspecified atom stereocenters. The third-order valence-corrected chi connectivity index (χ3v) is 3.14. The Labute approximate surface area is 116 Å². The largest absolute Gasteiger partial charge is 0.481 e. The van der Waals surface area contributed by atoms with Crippen LogP contribution in [0.15, 0.2) is 34.9 Å². The van der Waals surface area contributed by atoms with Crippen molar-refractivity contribution in [2.24, 2.45) is 0 Å². The van der Waals surface area contributed by atoms with Crippen LogP contribution >= 0.6 is 0 Å². The van der Waals surface area contributed by atoms with Gasteiger partial charge in [-0.2, -0.15) is 0 Å². The normalized spacial score (nSPS) is 11.5. The minimum absolute atomic E-state index is 0.0133. The summed E-state index contributed by atoms with van der Waals surface area (Å²) in [4.78, 5) is 22.9. The smallest absolute Gasteiger partial charge is 0.303 e. The number of carbonyl (C=O) groups excluding carboxylic acids is 1. The molecule has 106 valence electrons. The van der Waals surface area contributed by atoms with Crippen LogP contribution in [0.25, 0.3) is 11.0 Å². The first-order chi connectivity index (χ1) is 9.39. The third kappa shape index (κ3) is 3.17. The van der Waals surface area contributed by atoms with Crippen LogP contribution in [-0.4, -0.2) is 22.5 Å². The molecule has 0 fully saturated rings. The summed E-state index contributed by atoms with van der Waals surface area (Å²) in [6.07, 6.45) is 1.80. The van der Waals surface area contributed by atoms with Gasteiger partial charge in [0, 0.05) is 17.3 Å². The van der Waals surface area contributed by atoms with E-state index in [1.165, 1.54) is 6.26 Å². The lowest BCUT2D eigenvalue weighted by molar-refractivity contribution is -0.137. The number of fused-ring (bicyclic) bond motifs is 1. The van der Waals surface area contributed by atoms with Gasteiger partial charge in [0.2, 0.25) is 0 Å². The number of furan rings is 1. The third-order valence-electron chi connectivity index (χ3n) is 3.14. The van der Waals surface area contributed by atoms with Crippen molar-refractivity contribution in [1.29, 1.82) is 0 Å². The van der Waals surface area contributed by atoms with Crippen LogP contribution in [0.2, 0.25) is 0 Å². The lowest BCUT2D eigenvalue weighted by atomic mass is 9.97. The predicted octanol–water partition coefficient (Wildman–Crippen LogP) is 2.81. The Morgan fingerprint density at radius 1 is 1.30 bits per heavy atom. The highest BCUT2D eigenvalue weighted by Gasteiger charge is 2.24. The maximum Gasteiger partial charge on any atom is 0.303 e. The van der Waals surface area contributed by atoms with E-state index in [1.54, 1.807) is 19.9 Å². The van der Waals surface area contributed by atoms with Gasteiger partial charge in [-0.1, -0.05) is 18.2 Å². The molecule has 1 aromatic carbocycles. The Hall–Kier alpha value is -2.30. The summed E-state index contributed by atoms with van der Waals surface area (Å²) >= 11 is 0. The van der Waals surface area contributed by atoms with Crippen LogP contribution in [0.5, 0.6) is 0 Å². The molecule has 5 heteroatoms. The number of aliphatic carboxylic acids is 1. The summed E-state index contributed by atoms with van der Waals surface area (Å²) in [5.41, 5.74) is 0.526. The molecule has 1 heterocycles. The maximum absolute atomic E-state index is 12.3. The van der Waals surface area contributed by atoms with Crippen LogP contribution in [0.3, 0.4) is 0 Å². The first-order valence-corrected chi connectivity index (χ1v) is 6.39. The number of nitrogens with one attached hydrogen (secondary N) is 1. The van der Waals surface area contributed by atoms with Crippen molar-refractivity contribution in [3.8, 4) is 0 Å². The van der Waals surface area contributed by atoms with E-state index in [9.17, 15) is 9.59 Å². The maximum atomic E-state index is 12.3. The van der Waals surface area contributed by atoms with E-state index in [1.807, 2.05) is 18.2 Å². The molecule has 0 bridgehead atoms. The highest BCUT2D eigenvalue weighted by Crippen LogP contribution is 2.21. The Bertz CT molecular complexity index is 642. The Morgan fingerprint density at radius 2 is 2.00 bits per heavy atom. The lowest BCUT2D eigenvalue weighted by Gasteiger charge is -2.25. The lowest BCUT2D eigenvalue weighted by Crippen LogP contribution is -2.43. The average Bonchev–Trinajstić information content (AvgIpc) is 2.80. The summed E-state index contributed by atoms with van der Waals surface area (Å²) in [6, 6.07) is 7.29. The second-order valence-electron chi connectivity index (χ2n) is 5.38. The second kappa shape index (κ2) is 5.36. The van der Waals surface area contributed by atoms with Gasteiger partial charge in [-0.05, 0) is 26.3 Å². The van der Waals surface area contributed by atoms with Crippen LogP contribution in [0, 0.1) is 0 Å². The number of carboxylic acid groups (broad SMARTS) is 1. The first-order valence-electron chi connectivity index (χ1n) is 6.39. The van der Waals surface area contributed by atoms with Gasteiger partial charge in [-0.3, -0.25) is 9.59 Å². The fourth-order valence-electron chi connectivity index (χ4n) is 2.01. The molecule has 1 aromatic heterocycles. The minimum Gasteiger partial charge on any atom is -0.481 e. The van der Waals surface area contributed by atoms with Gasteiger partial charge in [-0.25, -0.2) is 0 Å². The predicted molar refractivity (Wildman–Crippen MR) is 74.6 cm³/mol. The molecule has 2 N–H and O–H groups in total. The van der Waals surface area contributed by atoms with E-state index in [2.05, 4.69) is 5.32 Å². The number of rotatable bonds is 5. The average molecular weight is 275 g/mol. The Kier molecular flexibility index (Phi) is 3.79. The first kappa shape index (κ1) is 14.1. The number of para-hydroxylation sites is 1. The van der Waals surface area contributed by atoms with Crippen molar-refractivity contribution in [2.75, 3.05) is 0 Å². The van der Waals surface area contributed by atoms with E-state index >= 15 is 0 Å². The van der Waals surface area contributed by atoms with Gasteiger partial charge < -0.3 is 14.8 Å². The van der Waals surface area contributed by atoms with E-state index in [4.69, 9.17) is 9.52 Å².